The van der Waals surface area contributed by atoms with Crippen LogP contribution in [-0.2, 0) is 0 Å². The number of carbonyl (C=O) groups excluding carboxylic acids is 1. The van der Waals surface area contributed by atoms with Gasteiger partial charge in [-0.1, -0.05) is 18.2 Å². The fraction of sp³-hybridized carbons (Fsp3) is 0.143. The molecule has 0 spiro atoms. The molecule has 1 aromatic carbocycles. The van der Waals surface area contributed by atoms with Gasteiger partial charge in [0.05, 0.1) is 12.8 Å². The molecule has 2 aromatic rings. The normalized spacial score (nSPS) is 10.1. The molecule has 0 amide bonds. The molecule has 0 aliphatic heterocycles. The summed E-state index contributed by atoms with van der Waals surface area (Å²) >= 11 is 0. The van der Waals surface area contributed by atoms with Crippen molar-refractivity contribution < 1.29 is 9.53 Å². The summed E-state index contributed by atoms with van der Waals surface area (Å²) in [5.74, 6) is 0.566. The van der Waals surface area contributed by atoms with Gasteiger partial charge in [0.15, 0.2) is 5.78 Å². The van der Waals surface area contributed by atoms with Crippen molar-refractivity contribution in [2.45, 2.75) is 6.92 Å². The van der Waals surface area contributed by atoms with Crippen LogP contribution in [0, 0.1) is 0 Å². The molecular formula is C14H14N2O2. The standard InChI is InChI=1S/C14H14N2O2/c1-9(17)13-7-6-10(8-16-13)11-4-3-5-12(15)14(11)18-2/h3-8H,15H2,1-2H3. The summed E-state index contributed by atoms with van der Waals surface area (Å²) in [6, 6.07) is 9.06. The van der Waals surface area contributed by atoms with E-state index in [1.807, 2.05) is 18.2 Å². The van der Waals surface area contributed by atoms with Crippen LogP contribution >= 0.6 is 0 Å². The summed E-state index contributed by atoms with van der Waals surface area (Å²) in [5, 5.41) is 0. The molecule has 2 N–H and O–H groups in total. The summed E-state index contributed by atoms with van der Waals surface area (Å²) in [4.78, 5) is 15.3. The topological polar surface area (TPSA) is 65.2 Å². The lowest BCUT2D eigenvalue weighted by Crippen LogP contribution is -1.97. The minimum Gasteiger partial charge on any atom is -0.494 e. The third kappa shape index (κ3) is 2.18. The number of rotatable bonds is 3. The van der Waals surface area contributed by atoms with E-state index in [1.165, 1.54) is 6.92 Å². The fourth-order valence-corrected chi connectivity index (χ4v) is 1.77. The Balaban J connectivity index is 2.49. The number of para-hydroxylation sites is 1. The minimum absolute atomic E-state index is 0.0545. The zero-order valence-electron chi connectivity index (χ0n) is 10.3. The van der Waals surface area contributed by atoms with E-state index in [9.17, 15) is 4.79 Å². The smallest absolute Gasteiger partial charge is 0.178 e. The number of hydrogen-bond donors (Lipinski definition) is 1. The predicted octanol–water partition coefficient (Wildman–Crippen LogP) is 2.54. The van der Waals surface area contributed by atoms with Gasteiger partial charge in [-0.25, -0.2) is 0 Å². The molecule has 2 rings (SSSR count). The average Bonchev–Trinajstić information content (AvgIpc) is 2.38. The lowest BCUT2D eigenvalue weighted by molar-refractivity contribution is 0.101. The third-order valence-corrected chi connectivity index (χ3v) is 2.68. The molecule has 1 aromatic heterocycles. The fourth-order valence-electron chi connectivity index (χ4n) is 1.77. The summed E-state index contributed by atoms with van der Waals surface area (Å²) in [6.45, 7) is 1.49. The highest BCUT2D eigenvalue weighted by atomic mass is 16.5. The second-order valence-electron chi connectivity index (χ2n) is 3.92. The number of nitrogen functional groups attached to an aromatic ring is 1. The highest BCUT2D eigenvalue weighted by Crippen LogP contribution is 2.34. The maximum absolute atomic E-state index is 11.2. The van der Waals surface area contributed by atoms with E-state index in [4.69, 9.17) is 10.5 Å². The first-order chi connectivity index (χ1) is 8.63. The van der Waals surface area contributed by atoms with Crippen molar-refractivity contribution in [2.24, 2.45) is 0 Å². The summed E-state index contributed by atoms with van der Waals surface area (Å²) < 4.78 is 5.29. The van der Waals surface area contributed by atoms with Gasteiger partial charge in [0.1, 0.15) is 11.4 Å². The molecule has 0 saturated heterocycles. The number of Topliss-reactive ketones (excluding diaryl/α,β-unsaturated/α-hetero) is 1. The first-order valence-corrected chi connectivity index (χ1v) is 5.53. The molecule has 0 saturated carbocycles. The summed E-state index contributed by atoms with van der Waals surface area (Å²) in [7, 11) is 1.58. The van der Waals surface area contributed by atoms with Crippen molar-refractivity contribution in [3.63, 3.8) is 0 Å². The van der Waals surface area contributed by atoms with Crippen molar-refractivity contribution in [2.75, 3.05) is 12.8 Å². The maximum atomic E-state index is 11.2. The van der Waals surface area contributed by atoms with E-state index in [-0.39, 0.29) is 5.78 Å². The Morgan fingerprint density at radius 2 is 2.06 bits per heavy atom. The Bertz CT molecular complexity index is 577. The van der Waals surface area contributed by atoms with Gasteiger partial charge >= 0.3 is 0 Å². The number of ether oxygens (including phenoxy) is 1. The van der Waals surface area contributed by atoms with Gasteiger partial charge in [0.2, 0.25) is 0 Å². The number of nitrogens with zero attached hydrogens (tertiary/aromatic N) is 1. The van der Waals surface area contributed by atoms with E-state index < -0.39 is 0 Å². The highest BCUT2D eigenvalue weighted by Gasteiger charge is 2.09. The Morgan fingerprint density at radius 1 is 1.28 bits per heavy atom. The van der Waals surface area contributed by atoms with Crippen molar-refractivity contribution >= 4 is 11.5 Å². The molecule has 0 aliphatic carbocycles. The molecule has 18 heavy (non-hydrogen) atoms. The Labute approximate surface area is 105 Å². The van der Waals surface area contributed by atoms with Crippen molar-refractivity contribution in [1.29, 1.82) is 0 Å². The number of pyridine rings is 1. The number of hydrogen-bond acceptors (Lipinski definition) is 4. The number of aromatic nitrogens is 1. The largest absolute Gasteiger partial charge is 0.494 e. The Kier molecular flexibility index (Phi) is 3.28. The van der Waals surface area contributed by atoms with E-state index >= 15 is 0 Å². The first kappa shape index (κ1) is 12.1. The van der Waals surface area contributed by atoms with Crippen LogP contribution in [0.5, 0.6) is 5.75 Å². The van der Waals surface area contributed by atoms with Gasteiger partial charge in [0, 0.05) is 24.2 Å². The van der Waals surface area contributed by atoms with Crippen molar-refractivity contribution in [3.8, 4) is 16.9 Å². The van der Waals surface area contributed by atoms with Crippen molar-refractivity contribution in [1.82, 2.24) is 4.98 Å². The van der Waals surface area contributed by atoms with Crippen LogP contribution in [0.4, 0.5) is 5.69 Å². The van der Waals surface area contributed by atoms with Crippen molar-refractivity contribution in [3.05, 3.63) is 42.2 Å². The molecule has 1 heterocycles. The molecule has 4 heteroatoms. The zero-order valence-corrected chi connectivity index (χ0v) is 10.3. The van der Waals surface area contributed by atoms with Gasteiger partial charge in [-0.15, -0.1) is 0 Å². The van der Waals surface area contributed by atoms with Gasteiger partial charge in [0.25, 0.3) is 0 Å². The number of nitrogens with two attached hydrogens (primary N) is 1. The first-order valence-electron chi connectivity index (χ1n) is 5.53. The second kappa shape index (κ2) is 4.87. The zero-order chi connectivity index (χ0) is 13.1. The molecule has 0 bridgehead atoms. The van der Waals surface area contributed by atoms with E-state index in [2.05, 4.69) is 4.98 Å². The summed E-state index contributed by atoms with van der Waals surface area (Å²) in [6.07, 6.45) is 1.65. The Hall–Kier alpha value is -2.36. The third-order valence-electron chi connectivity index (χ3n) is 2.68. The van der Waals surface area contributed by atoms with Gasteiger partial charge in [-0.2, -0.15) is 0 Å². The molecule has 0 unspecified atom stereocenters. The molecule has 0 aliphatic rings. The van der Waals surface area contributed by atoms with Crippen LogP contribution in [0.15, 0.2) is 36.5 Å². The van der Waals surface area contributed by atoms with E-state index in [1.54, 1.807) is 25.4 Å². The van der Waals surface area contributed by atoms with Crippen LogP contribution in [0.1, 0.15) is 17.4 Å². The number of ketones is 1. The average molecular weight is 242 g/mol. The van der Waals surface area contributed by atoms with Crippen LogP contribution in [0.25, 0.3) is 11.1 Å². The molecule has 0 fully saturated rings. The lowest BCUT2D eigenvalue weighted by atomic mass is 10.0. The molecular weight excluding hydrogens is 228 g/mol. The molecule has 0 radical (unpaired) electrons. The predicted molar refractivity (Wildman–Crippen MR) is 70.6 cm³/mol. The number of methoxy groups -OCH3 is 1. The number of benzene rings is 1. The summed E-state index contributed by atoms with van der Waals surface area (Å²) in [5.41, 5.74) is 8.59. The highest BCUT2D eigenvalue weighted by molar-refractivity contribution is 5.92. The lowest BCUT2D eigenvalue weighted by Gasteiger charge is -2.10. The van der Waals surface area contributed by atoms with Gasteiger partial charge < -0.3 is 10.5 Å². The van der Waals surface area contributed by atoms with Crippen LogP contribution in [0.3, 0.4) is 0 Å². The van der Waals surface area contributed by atoms with Crippen LogP contribution in [-0.4, -0.2) is 17.9 Å². The Morgan fingerprint density at radius 3 is 2.61 bits per heavy atom. The van der Waals surface area contributed by atoms with E-state index in [0.29, 0.717) is 17.1 Å². The quantitative estimate of drug-likeness (QED) is 0.663. The monoisotopic (exact) mass is 242 g/mol. The molecule has 92 valence electrons. The second-order valence-corrected chi connectivity index (χ2v) is 3.92. The maximum Gasteiger partial charge on any atom is 0.178 e. The van der Waals surface area contributed by atoms with E-state index in [0.717, 1.165) is 11.1 Å². The number of anilines is 1. The van der Waals surface area contributed by atoms with Crippen LogP contribution in [0.2, 0.25) is 0 Å². The van der Waals surface area contributed by atoms with Crippen LogP contribution < -0.4 is 10.5 Å². The number of carbonyl (C=O) groups is 1. The van der Waals surface area contributed by atoms with Gasteiger partial charge in [-0.05, 0) is 12.1 Å². The SMILES string of the molecule is COc1c(N)cccc1-c1ccc(C(C)=O)nc1. The molecule has 0 atom stereocenters. The molecule has 4 nitrogen and oxygen atoms in total. The van der Waals surface area contributed by atoms with Gasteiger partial charge in [-0.3, -0.25) is 9.78 Å². The minimum atomic E-state index is -0.0545.